The Morgan fingerprint density at radius 2 is 1.54 bits per heavy atom. The van der Waals surface area contributed by atoms with Crippen LogP contribution in [0.2, 0.25) is 0 Å². The smallest absolute Gasteiger partial charge is 0.267 e. The van der Waals surface area contributed by atoms with Crippen molar-refractivity contribution in [2.75, 3.05) is 5.01 Å². The van der Waals surface area contributed by atoms with Gasteiger partial charge in [0.25, 0.3) is 11.8 Å². The minimum Gasteiger partial charge on any atom is -0.267 e. The molecule has 0 bridgehead atoms. The number of rotatable bonds is 2. The Kier molecular flexibility index (Phi) is 3.92. The van der Waals surface area contributed by atoms with Gasteiger partial charge < -0.3 is 0 Å². The SMILES string of the molecule is O=C1NN(c2ccccc2)C(=O)/C1=C1/SC=C(c2ccccc2)S1. The van der Waals surface area contributed by atoms with E-state index in [0.717, 1.165) is 14.7 Å². The molecule has 1 N–H and O–H groups in total. The summed E-state index contributed by atoms with van der Waals surface area (Å²) in [4.78, 5) is 26.0. The largest absolute Gasteiger partial charge is 0.284 e. The zero-order chi connectivity index (χ0) is 16.5. The molecule has 2 aliphatic rings. The van der Waals surface area contributed by atoms with Crippen LogP contribution in [-0.4, -0.2) is 11.8 Å². The van der Waals surface area contributed by atoms with E-state index in [1.807, 2.05) is 53.9 Å². The van der Waals surface area contributed by atoms with E-state index in [2.05, 4.69) is 5.43 Å². The first-order valence-electron chi connectivity index (χ1n) is 7.29. The van der Waals surface area contributed by atoms with Crippen LogP contribution in [0.3, 0.4) is 0 Å². The van der Waals surface area contributed by atoms with Gasteiger partial charge in [-0.3, -0.25) is 15.0 Å². The van der Waals surface area contributed by atoms with Crippen LogP contribution < -0.4 is 10.4 Å². The van der Waals surface area contributed by atoms with E-state index in [1.54, 1.807) is 12.1 Å². The van der Waals surface area contributed by atoms with Crippen LogP contribution in [0.4, 0.5) is 5.69 Å². The Labute approximate surface area is 147 Å². The van der Waals surface area contributed by atoms with Crippen LogP contribution in [0.5, 0.6) is 0 Å². The number of nitrogens with zero attached hydrogens (tertiary/aromatic N) is 1. The Hall–Kier alpha value is -2.44. The molecule has 4 rings (SSSR count). The first-order valence-corrected chi connectivity index (χ1v) is 8.98. The number of nitrogens with one attached hydrogen (secondary N) is 1. The van der Waals surface area contributed by atoms with Gasteiger partial charge in [-0.25, -0.2) is 5.01 Å². The summed E-state index contributed by atoms with van der Waals surface area (Å²) in [6.45, 7) is 0. The fourth-order valence-electron chi connectivity index (χ4n) is 2.45. The number of hydrazine groups is 1. The predicted molar refractivity (Wildman–Crippen MR) is 98.7 cm³/mol. The van der Waals surface area contributed by atoms with Crippen molar-refractivity contribution < 1.29 is 9.59 Å². The maximum absolute atomic E-state index is 12.7. The van der Waals surface area contributed by atoms with E-state index in [0.29, 0.717) is 5.69 Å². The van der Waals surface area contributed by atoms with Crippen molar-refractivity contribution in [3.63, 3.8) is 0 Å². The van der Waals surface area contributed by atoms with Crippen LogP contribution in [-0.2, 0) is 9.59 Å². The third kappa shape index (κ3) is 2.64. The lowest BCUT2D eigenvalue weighted by Crippen LogP contribution is -2.35. The summed E-state index contributed by atoms with van der Waals surface area (Å²) in [7, 11) is 0. The second-order valence-electron chi connectivity index (χ2n) is 5.15. The molecule has 24 heavy (non-hydrogen) atoms. The Morgan fingerprint density at radius 3 is 2.25 bits per heavy atom. The number of thioether (sulfide) groups is 2. The summed E-state index contributed by atoms with van der Waals surface area (Å²) in [5.41, 5.74) is 4.57. The molecule has 0 atom stereocenters. The molecule has 0 aromatic heterocycles. The van der Waals surface area contributed by atoms with Crippen LogP contribution in [0.1, 0.15) is 5.56 Å². The van der Waals surface area contributed by atoms with Crippen molar-refractivity contribution in [1.82, 2.24) is 5.43 Å². The number of anilines is 1. The summed E-state index contributed by atoms with van der Waals surface area (Å²) in [5, 5.41) is 3.28. The van der Waals surface area contributed by atoms with E-state index < -0.39 is 0 Å². The number of carbonyl (C=O) groups is 2. The summed E-state index contributed by atoms with van der Waals surface area (Å²) >= 11 is 2.88. The average molecular weight is 352 g/mol. The Morgan fingerprint density at radius 1 is 0.875 bits per heavy atom. The van der Waals surface area contributed by atoms with Gasteiger partial charge in [0, 0.05) is 4.91 Å². The average Bonchev–Trinajstić information content (AvgIpc) is 3.21. The first kappa shape index (κ1) is 15.1. The maximum Gasteiger partial charge on any atom is 0.284 e. The minimum absolute atomic E-state index is 0.205. The Bertz CT molecular complexity index is 876. The third-order valence-corrected chi connectivity index (χ3v) is 6.03. The van der Waals surface area contributed by atoms with Gasteiger partial charge in [0.15, 0.2) is 0 Å². The monoisotopic (exact) mass is 352 g/mol. The summed E-state index contributed by atoms with van der Waals surface area (Å²) < 4.78 is 0.717. The molecular weight excluding hydrogens is 340 g/mol. The highest BCUT2D eigenvalue weighted by Crippen LogP contribution is 2.50. The van der Waals surface area contributed by atoms with Crippen molar-refractivity contribution in [3.8, 4) is 0 Å². The van der Waals surface area contributed by atoms with E-state index in [-0.39, 0.29) is 17.4 Å². The minimum atomic E-state index is -0.360. The number of amides is 2. The molecule has 0 aliphatic carbocycles. The number of hydrogen-bond acceptors (Lipinski definition) is 4. The summed E-state index contributed by atoms with van der Waals surface area (Å²) in [6.07, 6.45) is 0. The molecule has 0 spiro atoms. The number of hydrogen-bond donors (Lipinski definition) is 1. The van der Waals surface area contributed by atoms with Crippen LogP contribution in [0.15, 0.2) is 75.9 Å². The molecule has 1 fully saturated rings. The molecule has 2 heterocycles. The molecule has 0 unspecified atom stereocenters. The predicted octanol–water partition coefficient (Wildman–Crippen LogP) is 3.75. The molecule has 118 valence electrons. The van der Waals surface area contributed by atoms with Gasteiger partial charge in [-0.1, -0.05) is 72.1 Å². The molecule has 2 amide bonds. The molecule has 2 aromatic carbocycles. The first-order chi connectivity index (χ1) is 11.7. The highest BCUT2D eigenvalue weighted by Gasteiger charge is 2.38. The molecule has 2 aliphatic heterocycles. The number of benzene rings is 2. The lowest BCUT2D eigenvalue weighted by atomic mass is 10.2. The van der Waals surface area contributed by atoms with Gasteiger partial charge >= 0.3 is 0 Å². The zero-order valence-corrected chi connectivity index (χ0v) is 14.1. The molecule has 0 radical (unpaired) electrons. The Balaban J connectivity index is 1.62. The van der Waals surface area contributed by atoms with E-state index in [1.165, 1.54) is 28.5 Å². The molecule has 6 heteroatoms. The fraction of sp³-hybridized carbons (Fsp3) is 0. The zero-order valence-electron chi connectivity index (χ0n) is 12.4. The quantitative estimate of drug-likeness (QED) is 0.660. The van der Waals surface area contributed by atoms with Crippen molar-refractivity contribution in [2.45, 2.75) is 0 Å². The number of para-hydroxylation sites is 1. The van der Waals surface area contributed by atoms with E-state index in [9.17, 15) is 9.59 Å². The van der Waals surface area contributed by atoms with Crippen molar-refractivity contribution >= 4 is 45.9 Å². The van der Waals surface area contributed by atoms with Gasteiger partial charge in [0.05, 0.1) is 9.92 Å². The van der Waals surface area contributed by atoms with Gasteiger partial charge in [-0.05, 0) is 23.1 Å². The van der Waals surface area contributed by atoms with Crippen LogP contribution >= 0.6 is 23.5 Å². The van der Waals surface area contributed by atoms with Crippen LogP contribution in [0.25, 0.3) is 4.91 Å². The second-order valence-corrected chi connectivity index (χ2v) is 7.34. The molecular formula is C18H12N2O2S2. The van der Waals surface area contributed by atoms with Gasteiger partial charge in [-0.15, -0.1) is 0 Å². The fourth-order valence-corrected chi connectivity index (χ4v) is 4.78. The highest BCUT2D eigenvalue weighted by molar-refractivity contribution is 8.31. The maximum atomic E-state index is 12.7. The normalized spacial score (nSPS) is 20.3. The van der Waals surface area contributed by atoms with Crippen molar-refractivity contribution in [3.05, 3.63) is 81.4 Å². The van der Waals surface area contributed by atoms with Crippen LogP contribution in [0, 0.1) is 0 Å². The molecule has 4 nitrogen and oxygen atoms in total. The molecule has 2 aromatic rings. The van der Waals surface area contributed by atoms with Gasteiger partial charge in [0.2, 0.25) is 0 Å². The summed E-state index contributed by atoms with van der Waals surface area (Å²) in [6, 6.07) is 19.0. The van der Waals surface area contributed by atoms with Crippen molar-refractivity contribution in [1.29, 1.82) is 0 Å². The van der Waals surface area contributed by atoms with Crippen molar-refractivity contribution in [2.24, 2.45) is 0 Å². The molecule has 1 saturated heterocycles. The third-order valence-electron chi connectivity index (χ3n) is 3.61. The molecule has 0 saturated carbocycles. The van der Waals surface area contributed by atoms with E-state index in [4.69, 9.17) is 0 Å². The lowest BCUT2D eigenvalue weighted by molar-refractivity contribution is -0.117. The summed E-state index contributed by atoms with van der Waals surface area (Å²) in [5.74, 6) is -0.675. The van der Waals surface area contributed by atoms with E-state index >= 15 is 0 Å². The highest BCUT2D eigenvalue weighted by atomic mass is 32.2. The standard InChI is InChI=1S/C18H12N2O2S2/c21-16-15(17(22)20(19-16)13-9-5-2-6-10-13)18-23-11-14(24-18)12-7-3-1-4-8-12/h1-11H,(H,19,21)/b18-15-. The van der Waals surface area contributed by atoms with Gasteiger partial charge in [-0.2, -0.15) is 0 Å². The van der Waals surface area contributed by atoms with Gasteiger partial charge in [0.1, 0.15) is 5.57 Å². The second kappa shape index (κ2) is 6.22. The number of carbonyl (C=O) groups excluding carboxylic acids is 2. The topological polar surface area (TPSA) is 49.4 Å². The lowest BCUT2D eigenvalue weighted by Gasteiger charge is -2.14.